The van der Waals surface area contributed by atoms with Gasteiger partial charge in [0.1, 0.15) is 5.75 Å². The van der Waals surface area contributed by atoms with Crippen molar-refractivity contribution in [3.8, 4) is 5.75 Å². The van der Waals surface area contributed by atoms with Crippen molar-refractivity contribution < 1.29 is 31.9 Å². The number of rotatable bonds is 16. The van der Waals surface area contributed by atoms with Gasteiger partial charge in [0, 0.05) is 37.6 Å². The van der Waals surface area contributed by atoms with Crippen LogP contribution in [0.25, 0.3) is 24.3 Å². The number of hydrogen-bond donors (Lipinski definition) is 2. The van der Waals surface area contributed by atoms with E-state index in [9.17, 15) is 13.2 Å². The van der Waals surface area contributed by atoms with Crippen LogP contribution in [-0.4, -0.2) is 74.0 Å². The molecular formula is C40H58N2O7SSi2. The van der Waals surface area contributed by atoms with Gasteiger partial charge >= 0.3 is 6.09 Å². The smallest absolute Gasteiger partial charge is 0.409 e. The number of carboxylic acid groups (broad SMARTS) is 1. The summed E-state index contributed by atoms with van der Waals surface area (Å²) in [6.45, 7) is 22.9. The number of anilines is 1. The number of hydrogen-bond acceptors (Lipinski definition) is 6. The molecule has 52 heavy (non-hydrogen) atoms. The molecule has 0 saturated carbocycles. The van der Waals surface area contributed by atoms with Crippen molar-refractivity contribution in [2.75, 3.05) is 38.7 Å². The molecule has 0 heterocycles. The number of carbonyl (C=O) groups is 1. The minimum absolute atomic E-state index is 0.0220. The molecule has 0 aliphatic rings. The SMILES string of the molecule is COc1cc(/C=C/c2ccc(S(=O)(=O)N(CCO[Si](C)(C)C(C)(C)C)CCO[Si](C)(C)C(C)(C)C)cc2)ccc1/C=C/c1ccc(NC(=O)O)cc1. The first kappa shape index (κ1) is 42.9. The molecular weight excluding hydrogens is 709 g/mol. The Balaban J connectivity index is 1.75. The highest BCUT2D eigenvalue weighted by Gasteiger charge is 2.39. The molecule has 0 unspecified atom stereocenters. The van der Waals surface area contributed by atoms with E-state index in [0.717, 1.165) is 22.3 Å². The van der Waals surface area contributed by atoms with Gasteiger partial charge in [-0.1, -0.05) is 102 Å². The van der Waals surface area contributed by atoms with Crippen LogP contribution in [0, 0.1) is 0 Å². The zero-order valence-electron chi connectivity index (χ0n) is 32.7. The molecule has 284 valence electrons. The summed E-state index contributed by atoms with van der Waals surface area (Å²) < 4.78 is 47.9. The third kappa shape index (κ3) is 12.0. The lowest BCUT2D eigenvalue weighted by Gasteiger charge is -2.37. The van der Waals surface area contributed by atoms with Crippen molar-refractivity contribution in [2.24, 2.45) is 0 Å². The van der Waals surface area contributed by atoms with E-state index >= 15 is 0 Å². The molecule has 0 aliphatic carbocycles. The lowest BCUT2D eigenvalue weighted by molar-refractivity contribution is 0.209. The average molecular weight is 767 g/mol. The molecule has 3 aromatic carbocycles. The fourth-order valence-electron chi connectivity index (χ4n) is 4.64. The number of nitrogens with zero attached hydrogens (tertiary/aromatic N) is 1. The van der Waals surface area contributed by atoms with Crippen LogP contribution in [0.1, 0.15) is 63.8 Å². The Morgan fingerprint density at radius 1 is 0.731 bits per heavy atom. The molecule has 9 nitrogen and oxygen atoms in total. The predicted octanol–water partition coefficient (Wildman–Crippen LogP) is 10.2. The van der Waals surface area contributed by atoms with Crippen molar-refractivity contribution in [2.45, 2.75) is 82.7 Å². The maximum absolute atomic E-state index is 14.0. The highest BCUT2D eigenvalue weighted by atomic mass is 32.2. The van der Waals surface area contributed by atoms with Crippen molar-refractivity contribution in [1.29, 1.82) is 0 Å². The Hall–Kier alpha value is -3.53. The largest absolute Gasteiger partial charge is 0.496 e. The van der Waals surface area contributed by atoms with Crippen LogP contribution in [0.5, 0.6) is 5.75 Å². The third-order valence-corrected chi connectivity index (χ3v) is 21.1. The first-order valence-electron chi connectivity index (χ1n) is 17.6. The number of benzene rings is 3. The lowest BCUT2D eigenvalue weighted by Crippen LogP contribution is -2.45. The van der Waals surface area contributed by atoms with Crippen LogP contribution < -0.4 is 10.1 Å². The Morgan fingerprint density at radius 3 is 1.63 bits per heavy atom. The number of methoxy groups -OCH3 is 1. The van der Waals surface area contributed by atoms with Gasteiger partial charge in [-0.25, -0.2) is 13.2 Å². The predicted molar refractivity (Wildman–Crippen MR) is 220 cm³/mol. The first-order valence-corrected chi connectivity index (χ1v) is 24.8. The first-order chi connectivity index (χ1) is 24.1. The van der Waals surface area contributed by atoms with Crippen LogP contribution in [0.3, 0.4) is 0 Å². The molecule has 0 bridgehead atoms. The van der Waals surface area contributed by atoms with Crippen LogP contribution in [-0.2, 0) is 18.9 Å². The van der Waals surface area contributed by atoms with Gasteiger partial charge in [-0.2, -0.15) is 4.31 Å². The summed E-state index contributed by atoms with van der Waals surface area (Å²) in [6.07, 6.45) is 6.65. The van der Waals surface area contributed by atoms with E-state index in [4.69, 9.17) is 18.7 Å². The maximum Gasteiger partial charge on any atom is 0.409 e. The summed E-state index contributed by atoms with van der Waals surface area (Å²) in [5, 5.41) is 11.2. The zero-order valence-corrected chi connectivity index (χ0v) is 35.6. The molecule has 0 atom stereocenters. The number of ether oxygens (including phenoxy) is 1. The van der Waals surface area contributed by atoms with Crippen molar-refractivity contribution in [3.05, 3.63) is 89.0 Å². The fourth-order valence-corrected chi connectivity index (χ4v) is 8.12. The van der Waals surface area contributed by atoms with Gasteiger partial charge in [-0.05, 0) is 83.3 Å². The third-order valence-electron chi connectivity index (χ3n) is 10.1. The van der Waals surface area contributed by atoms with E-state index in [1.807, 2.05) is 66.8 Å². The van der Waals surface area contributed by atoms with Gasteiger partial charge in [0.2, 0.25) is 10.0 Å². The minimum Gasteiger partial charge on any atom is -0.496 e. The van der Waals surface area contributed by atoms with Crippen molar-refractivity contribution in [3.63, 3.8) is 0 Å². The molecule has 3 rings (SSSR count). The van der Waals surface area contributed by atoms with Crippen LogP contribution in [0.4, 0.5) is 10.5 Å². The van der Waals surface area contributed by atoms with E-state index in [2.05, 4.69) is 73.0 Å². The second-order valence-electron chi connectivity index (χ2n) is 15.9. The molecule has 3 aromatic rings. The Morgan fingerprint density at radius 2 is 1.17 bits per heavy atom. The summed E-state index contributed by atoms with van der Waals surface area (Å²) in [5.41, 5.74) is 4.08. The Kier molecular flexibility index (Phi) is 14.5. The van der Waals surface area contributed by atoms with Crippen molar-refractivity contribution >= 4 is 62.7 Å². The van der Waals surface area contributed by atoms with Crippen LogP contribution >= 0.6 is 0 Å². The molecule has 1 amide bonds. The molecule has 0 spiro atoms. The summed E-state index contributed by atoms with van der Waals surface area (Å²) in [5.74, 6) is 0.694. The molecule has 0 radical (unpaired) electrons. The number of sulfonamides is 1. The highest BCUT2D eigenvalue weighted by molar-refractivity contribution is 7.89. The maximum atomic E-state index is 14.0. The molecule has 0 fully saturated rings. The molecule has 0 aliphatic heterocycles. The zero-order chi connectivity index (χ0) is 39.0. The molecule has 0 saturated heterocycles. The average Bonchev–Trinajstić information content (AvgIpc) is 3.05. The Bertz CT molecular complexity index is 1780. The molecule has 12 heteroatoms. The summed E-state index contributed by atoms with van der Waals surface area (Å²) >= 11 is 0. The second-order valence-corrected chi connectivity index (χ2v) is 27.5. The number of nitrogens with one attached hydrogen (secondary N) is 1. The van der Waals surface area contributed by atoms with Gasteiger partial charge in [0.15, 0.2) is 16.6 Å². The van der Waals surface area contributed by atoms with E-state index in [1.165, 1.54) is 4.31 Å². The molecule has 2 N–H and O–H groups in total. The second kappa shape index (κ2) is 17.5. The lowest BCUT2D eigenvalue weighted by atomic mass is 10.1. The van der Waals surface area contributed by atoms with Crippen LogP contribution in [0.2, 0.25) is 36.3 Å². The summed E-state index contributed by atoms with van der Waals surface area (Å²) in [4.78, 5) is 11.1. The minimum atomic E-state index is -3.81. The monoisotopic (exact) mass is 766 g/mol. The van der Waals surface area contributed by atoms with Gasteiger partial charge in [0.25, 0.3) is 0 Å². The summed E-state index contributed by atoms with van der Waals surface area (Å²) in [7, 11) is -6.30. The quantitative estimate of drug-likeness (QED) is 0.110. The topological polar surface area (TPSA) is 114 Å². The van der Waals surface area contributed by atoms with Crippen LogP contribution in [0.15, 0.2) is 71.6 Å². The number of amides is 1. The Labute approximate surface area is 314 Å². The highest BCUT2D eigenvalue weighted by Crippen LogP contribution is 2.37. The van der Waals surface area contributed by atoms with Gasteiger partial charge in [0.05, 0.1) is 12.0 Å². The van der Waals surface area contributed by atoms with E-state index in [0.29, 0.717) is 24.7 Å². The van der Waals surface area contributed by atoms with E-state index in [1.54, 1.807) is 31.4 Å². The van der Waals surface area contributed by atoms with E-state index < -0.39 is 32.8 Å². The van der Waals surface area contributed by atoms with Crippen molar-refractivity contribution in [1.82, 2.24) is 4.31 Å². The normalized spacial score (nSPS) is 13.3. The van der Waals surface area contributed by atoms with Gasteiger partial charge < -0.3 is 18.7 Å². The summed E-state index contributed by atoms with van der Waals surface area (Å²) in [6, 6.07) is 19.9. The molecule has 0 aromatic heterocycles. The fraction of sp³-hybridized carbons (Fsp3) is 0.425. The van der Waals surface area contributed by atoms with E-state index in [-0.39, 0.29) is 28.1 Å². The standard InChI is InChI=1S/C40H58N2O7SSi2/c1-39(2,3)51(8,9)48-28-26-42(27-29-49-52(10,11)40(4,5)6)50(45,46)36-24-18-31(19-25-36)12-13-33-15-21-34(37(30-33)47-7)20-14-32-16-22-35(23-17-32)41-38(43)44/h12-25,30,41H,26-29H2,1-11H3,(H,43,44)/b13-12+,20-14+. The van der Waals surface area contributed by atoms with Gasteiger partial charge in [-0.15, -0.1) is 0 Å². The van der Waals surface area contributed by atoms with Gasteiger partial charge in [-0.3, -0.25) is 5.32 Å².